The Kier molecular flexibility index (Phi) is 5.85. The van der Waals surface area contributed by atoms with Crippen LogP contribution < -0.4 is 10.1 Å². The fourth-order valence-electron chi connectivity index (χ4n) is 1.71. The molecule has 1 aromatic carbocycles. The summed E-state index contributed by atoms with van der Waals surface area (Å²) in [5, 5.41) is 12.2. The first-order chi connectivity index (χ1) is 9.29. The zero-order valence-electron chi connectivity index (χ0n) is 10.4. The molecule has 0 atom stereocenters. The molecule has 0 spiro atoms. The Morgan fingerprint density at radius 1 is 1.16 bits per heavy atom. The molecule has 102 valence electrons. The van der Waals surface area contributed by atoms with E-state index in [4.69, 9.17) is 9.84 Å². The minimum absolute atomic E-state index is 0.0327. The van der Waals surface area contributed by atoms with Crippen molar-refractivity contribution in [1.29, 1.82) is 0 Å². The van der Waals surface area contributed by atoms with Crippen molar-refractivity contribution in [2.45, 2.75) is 13.1 Å². The summed E-state index contributed by atoms with van der Waals surface area (Å²) in [4.78, 5) is 1.29. The van der Waals surface area contributed by atoms with Gasteiger partial charge in [0.25, 0.3) is 0 Å². The van der Waals surface area contributed by atoms with Crippen LogP contribution in [0.25, 0.3) is 0 Å². The van der Waals surface area contributed by atoms with E-state index >= 15 is 0 Å². The standard InChI is InChI=1S/C14H16BrNO2S/c15-14-6-5-12(19-14)10-16-9-11-3-1-2-4-13(11)18-8-7-17/h1-6,16-17H,7-10H2. The van der Waals surface area contributed by atoms with Gasteiger partial charge in [0.2, 0.25) is 0 Å². The summed E-state index contributed by atoms with van der Waals surface area (Å²) < 4.78 is 6.65. The van der Waals surface area contributed by atoms with Crippen LogP contribution in [0.5, 0.6) is 5.75 Å². The number of halogens is 1. The van der Waals surface area contributed by atoms with E-state index in [9.17, 15) is 0 Å². The Morgan fingerprint density at radius 2 is 2.00 bits per heavy atom. The molecule has 0 radical (unpaired) electrons. The van der Waals surface area contributed by atoms with Crippen molar-refractivity contribution in [2.24, 2.45) is 0 Å². The highest BCUT2D eigenvalue weighted by atomic mass is 79.9. The summed E-state index contributed by atoms with van der Waals surface area (Å²) in [6, 6.07) is 12.0. The minimum Gasteiger partial charge on any atom is -0.491 e. The van der Waals surface area contributed by atoms with E-state index in [1.807, 2.05) is 24.3 Å². The predicted molar refractivity (Wildman–Crippen MR) is 81.6 cm³/mol. The lowest BCUT2D eigenvalue weighted by atomic mass is 10.2. The van der Waals surface area contributed by atoms with E-state index in [1.165, 1.54) is 4.88 Å². The molecule has 3 nitrogen and oxygen atoms in total. The number of hydrogen-bond acceptors (Lipinski definition) is 4. The molecule has 0 amide bonds. The number of aliphatic hydroxyl groups excluding tert-OH is 1. The molecule has 0 aliphatic heterocycles. The van der Waals surface area contributed by atoms with E-state index in [0.29, 0.717) is 6.61 Å². The van der Waals surface area contributed by atoms with Gasteiger partial charge in [0, 0.05) is 23.5 Å². The predicted octanol–water partition coefficient (Wildman–Crippen LogP) is 3.17. The molecule has 0 saturated carbocycles. The summed E-state index contributed by atoms with van der Waals surface area (Å²) in [7, 11) is 0. The summed E-state index contributed by atoms with van der Waals surface area (Å²) >= 11 is 5.19. The number of nitrogens with one attached hydrogen (secondary N) is 1. The molecule has 2 rings (SSSR count). The third kappa shape index (κ3) is 4.62. The van der Waals surface area contributed by atoms with Gasteiger partial charge >= 0.3 is 0 Å². The lowest BCUT2D eigenvalue weighted by Gasteiger charge is -2.11. The second-order valence-electron chi connectivity index (χ2n) is 3.99. The van der Waals surface area contributed by atoms with Crippen LogP contribution in [0.2, 0.25) is 0 Å². The van der Waals surface area contributed by atoms with Crippen LogP contribution in [0, 0.1) is 0 Å². The van der Waals surface area contributed by atoms with Crippen molar-refractivity contribution in [2.75, 3.05) is 13.2 Å². The Morgan fingerprint density at radius 3 is 2.74 bits per heavy atom. The smallest absolute Gasteiger partial charge is 0.123 e. The average molecular weight is 342 g/mol. The normalized spacial score (nSPS) is 10.6. The lowest BCUT2D eigenvalue weighted by Crippen LogP contribution is -2.13. The number of aliphatic hydroxyl groups is 1. The maximum absolute atomic E-state index is 8.80. The monoisotopic (exact) mass is 341 g/mol. The van der Waals surface area contributed by atoms with Gasteiger partial charge in [-0.05, 0) is 34.1 Å². The quantitative estimate of drug-likeness (QED) is 0.812. The molecule has 1 aromatic heterocycles. The van der Waals surface area contributed by atoms with E-state index in [2.05, 4.69) is 33.4 Å². The first kappa shape index (κ1) is 14.5. The molecule has 19 heavy (non-hydrogen) atoms. The van der Waals surface area contributed by atoms with Crippen molar-refractivity contribution < 1.29 is 9.84 Å². The van der Waals surface area contributed by atoms with Crippen molar-refractivity contribution in [1.82, 2.24) is 5.32 Å². The maximum atomic E-state index is 8.80. The second-order valence-corrected chi connectivity index (χ2v) is 6.54. The first-order valence-corrected chi connectivity index (χ1v) is 7.67. The SMILES string of the molecule is OCCOc1ccccc1CNCc1ccc(Br)s1. The van der Waals surface area contributed by atoms with E-state index in [0.717, 1.165) is 28.2 Å². The van der Waals surface area contributed by atoms with Crippen molar-refractivity contribution in [3.63, 3.8) is 0 Å². The van der Waals surface area contributed by atoms with Gasteiger partial charge in [-0.3, -0.25) is 0 Å². The Balaban J connectivity index is 1.88. The van der Waals surface area contributed by atoms with Gasteiger partial charge in [-0.25, -0.2) is 0 Å². The first-order valence-electron chi connectivity index (χ1n) is 6.06. The van der Waals surface area contributed by atoms with Gasteiger partial charge in [0.05, 0.1) is 10.4 Å². The molecule has 0 aliphatic rings. The molecular weight excluding hydrogens is 326 g/mol. The molecule has 5 heteroatoms. The summed E-state index contributed by atoms with van der Waals surface area (Å²) in [6.45, 7) is 1.95. The fourth-order valence-corrected chi connectivity index (χ4v) is 3.17. The van der Waals surface area contributed by atoms with E-state index in [1.54, 1.807) is 11.3 Å². The Labute approximate surface area is 125 Å². The van der Waals surface area contributed by atoms with Crippen LogP contribution in [0.3, 0.4) is 0 Å². The van der Waals surface area contributed by atoms with E-state index in [-0.39, 0.29) is 6.61 Å². The van der Waals surface area contributed by atoms with Crippen LogP contribution >= 0.6 is 27.3 Å². The summed E-state index contributed by atoms with van der Waals surface area (Å²) in [5.41, 5.74) is 1.10. The highest BCUT2D eigenvalue weighted by Crippen LogP contribution is 2.22. The third-order valence-electron chi connectivity index (χ3n) is 2.56. The van der Waals surface area contributed by atoms with Gasteiger partial charge in [-0.15, -0.1) is 11.3 Å². The molecule has 0 fully saturated rings. The van der Waals surface area contributed by atoms with Crippen LogP contribution in [0.1, 0.15) is 10.4 Å². The highest BCUT2D eigenvalue weighted by Gasteiger charge is 2.03. The molecule has 0 unspecified atom stereocenters. The second kappa shape index (κ2) is 7.65. The zero-order chi connectivity index (χ0) is 13.5. The fraction of sp³-hybridized carbons (Fsp3) is 0.286. The van der Waals surface area contributed by atoms with Crippen LogP contribution in [0.15, 0.2) is 40.2 Å². The van der Waals surface area contributed by atoms with Gasteiger partial charge in [-0.2, -0.15) is 0 Å². The average Bonchev–Trinajstić information content (AvgIpc) is 2.83. The molecule has 0 bridgehead atoms. The van der Waals surface area contributed by atoms with E-state index < -0.39 is 0 Å². The van der Waals surface area contributed by atoms with Crippen molar-refractivity contribution in [3.8, 4) is 5.75 Å². The molecule has 0 saturated heterocycles. The Hall–Kier alpha value is -0.880. The van der Waals surface area contributed by atoms with Gasteiger partial charge < -0.3 is 15.2 Å². The molecule has 0 aliphatic carbocycles. The maximum Gasteiger partial charge on any atom is 0.123 e. The largest absolute Gasteiger partial charge is 0.491 e. The zero-order valence-corrected chi connectivity index (χ0v) is 12.8. The summed E-state index contributed by atoms with van der Waals surface area (Å²) in [5.74, 6) is 0.830. The molecule has 2 aromatic rings. The summed E-state index contributed by atoms with van der Waals surface area (Å²) in [6.07, 6.45) is 0. The number of benzene rings is 1. The van der Waals surface area contributed by atoms with Crippen LogP contribution in [-0.2, 0) is 13.1 Å². The van der Waals surface area contributed by atoms with Crippen molar-refractivity contribution in [3.05, 3.63) is 50.6 Å². The molecule has 1 heterocycles. The van der Waals surface area contributed by atoms with Crippen LogP contribution in [0.4, 0.5) is 0 Å². The van der Waals surface area contributed by atoms with Crippen molar-refractivity contribution >= 4 is 27.3 Å². The number of ether oxygens (including phenoxy) is 1. The minimum atomic E-state index is 0.0327. The molecular formula is C14H16BrNO2S. The topological polar surface area (TPSA) is 41.5 Å². The third-order valence-corrected chi connectivity index (χ3v) is 4.19. The van der Waals surface area contributed by atoms with Gasteiger partial charge in [0.15, 0.2) is 0 Å². The highest BCUT2D eigenvalue weighted by molar-refractivity contribution is 9.11. The number of rotatable bonds is 7. The number of thiophene rings is 1. The van der Waals surface area contributed by atoms with Gasteiger partial charge in [0.1, 0.15) is 12.4 Å². The number of para-hydroxylation sites is 1. The van der Waals surface area contributed by atoms with Gasteiger partial charge in [-0.1, -0.05) is 18.2 Å². The Bertz CT molecular complexity index is 516. The van der Waals surface area contributed by atoms with Crippen LogP contribution in [-0.4, -0.2) is 18.3 Å². The number of hydrogen-bond donors (Lipinski definition) is 2. The molecule has 2 N–H and O–H groups in total. The lowest BCUT2D eigenvalue weighted by molar-refractivity contribution is 0.200.